The lowest BCUT2D eigenvalue weighted by Crippen LogP contribution is -2.28. The Morgan fingerprint density at radius 1 is 0.750 bits per heavy atom. The van der Waals surface area contributed by atoms with Gasteiger partial charge in [-0.1, -0.05) is 12.1 Å². The number of para-hydroxylation sites is 2. The summed E-state index contributed by atoms with van der Waals surface area (Å²) in [5, 5.41) is 6.39. The fourth-order valence-electron chi connectivity index (χ4n) is 2.86. The SMILES string of the molecule is O=c1n(CNc2ccc(Br)cn2)c2ccccc2n1CNc1ccc(Br)cn1. The summed E-state index contributed by atoms with van der Waals surface area (Å²) in [5.41, 5.74) is 1.58. The van der Waals surface area contributed by atoms with Crippen LogP contribution in [0.4, 0.5) is 11.6 Å². The molecule has 0 aliphatic carbocycles. The summed E-state index contributed by atoms with van der Waals surface area (Å²) in [6, 6.07) is 15.2. The molecule has 3 aromatic heterocycles. The van der Waals surface area contributed by atoms with Crippen LogP contribution in [-0.4, -0.2) is 19.1 Å². The van der Waals surface area contributed by atoms with Gasteiger partial charge < -0.3 is 10.6 Å². The standard InChI is InChI=1S/C19H16Br2N6O/c20-13-5-7-17(22-9-13)24-11-26-15-3-1-2-4-16(15)27(19(26)28)12-25-18-8-6-14(21)10-23-18/h1-10H,11-12H2,(H,22,24)(H,23,25). The molecule has 1 aromatic carbocycles. The van der Waals surface area contributed by atoms with E-state index in [9.17, 15) is 4.79 Å². The summed E-state index contributed by atoms with van der Waals surface area (Å²) >= 11 is 6.73. The summed E-state index contributed by atoms with van der Waals surface area (Å²) in [6.07, 6.45) is 3.42. The number of nitrogens with one attached hydrogen (secondary N) is 2. The number of hydrogen-bond donors (Lipinski definition) is 2. The highest BCUT2D eigenvalue weighted by Crippen LogP contribution is 2.15. The highest BCUT2D eigenvalue weighted by Gasteiger charge is 2.12. The zero-order chi connectivity index (χ0) is 19.5. The van der Waals surface area contributed by atoms with E-state index >= 15 is 0 Å². The Kier molecular flexibility index (Phi) is 5.45. The van der Waals surface area contributed by atoms with E-state index in [-0.39, 0.29) is 5.69 Å². The van der Waals surface area contributed by atoms with Crippen LogP contribution in [0.25, 0.3) is 11.0 Å². The molecule has 0 fully saturated rings. The van der Waals surface area contributed by atoms with Crippen molar-refractivity contribution in [3.05, 3.63) is 80.4 Å². The van der Waals surface area contributed by atoms with Gasteiger partial charge in [-0.25, -0.2) is 14.8 Å². The first-order valence-corrected chi connectivity index (χ1v) is 10.1. The molecule has 0 spiro atoms. The molecule has 0 atom stereocenters. The normalized spacial score (nSPS) is 10.9. The van der Waals surface area contributed by atoms with Crippen LogP contribution in [0.5, 0.6) is 0 Å². The lowest BCUT2D eigenvalue weighted by atomic mass is 10.3. The number of nitrogens with zero attached hydrogens (tertiary/aromatic N) is 4. The number of halogens is 2. The van der Waals surface area contributed by atoms with Crippen LogP contribution in [-0.2, 0) is 13.3 Å². The van der Waals surface area contributed by atoms with Crippen LogP contribution < -0.4 is 16.3 Å². The van der Waals surface area contributed by atoms with Crippen molar-refractivity contribution in [3.63, 3.8) is 0 Å². The fraction of sp³-hybridized carbons (Fsp3) is 0.105. The first-order valence-electron chi connectivity index (χ1n) is 8.51. The lowest BCUT2D eigenvalue weighted by Gasteiger charge is -2.07. The maximum Gasteiger partial charge on any atom is 0.332 e. The van der Waals surface area contributed by atoms with Crippen LogP contribution in [0.1, 0.15) is 0 Å². The fourth-order valence-corrected chi connectivity index (χ4v) is 3.33. The van der Waals surface area contributed by atoms with Crippen molar-refractivity contribution in [1.82, 2.24) is 19.1 Å². The Hall–Kier alpha value is -2.65. The second-order valence-electron chi connectivity index (χ2n) is 6.02. The van der Waals surface area contributed by atoms with Crippen LogP contribution in [0.15, 0.2) is 74.7 Å². The lowest BCUT2D eigenvalue weighted by molar-refractivity contribution is 0.679. The summed E-state index contributed by atoms with van der Waals surface area (Å²) in [5.74, 6) is 1.40. The molecule has 0 unspecified atom stereocenters. The minimum Gasteiger partial charge on any atom is -0.352 e. The Balaban J connectivity index is 1.60. The molecule has 3 heterocycles. The molecule has 0 saturated carbocycles. The van der Waals surface area contributed by atoms with Crippen molar-refractivity contribution in [3.8, 4) is 0 Å². The van der Waals surface area contributed by atoms with Crippen molar-refractivity contribution in [1.29, 1.82) is 0 Å². The quantitative estimate of drug-likeness (QED) is 0.411. The highest BCUT2D eigenvalue weighted by molar-refractivity contribution is 9.10. The van der Waals surface area contributed by atoms with Crippen LogP contribution in [0.2, 0.25) is 0 Å². The van der Waals surface area contributed by atoms with Crippen LogP contribution in [0.3, 0.4) is 0 Å². The topological polar surface area (TPSA) is 76.8 Å². The maximum atomic E-state index is 13.0. The van der Waals surface area contributed by atoms with E-state index in [1.165, 1.54) is 0 Å². The van der Waals surface area contributed by atoms with Crippen molar-refractivity contribution < 1.29 is 0 Å². The van der Waals surface area contributed by atoms with E-state index in [2.05, 4.69) is 52.5 Å². The van der Waals surface area contributed by atoms with E-state index in [0.717, 1.165) is 20.0 Å². The predicted octanol–water partition coefficient (Wildman–Crippen LogP) is 4.26. The third-order valence-corrected chi connectivity index (χ3v) is 5.15. The molecule has 4 rings (SSSR count). The zero-order valence-corrected chi connectivity index (χ0v) is 17.8. The van der Waals surface area contributed by atoms with Gasteiger partial charge in [-0.3, -0.25) is 9.13 Å². The molecule has 0 aliphatic rings. The predicted molar refractivity (Wildman–Crippen MR) is 117 cm³/mol. The molecule has 7 nitrogen and oxygen atoms in total. The van der Waals surface area contributed by atoms with Crippen molar-refractivity contribution in [2.45, 2.75) is 13.3 Å². The summed E-state index contributed by atoms with van der Waals surface area (Å²) in [7, 11) is 0. The monoisotopic (exact) mass is 502 g/mol. The molecule has 0 bridgehead atoms. The first kappa shape index (κ1) is 18.7. The van der Waals surface area contributed by atoms with Gasteiger partial charge in [0.05, 0.1) is 24.4 Å². The van der Waals surface area contributed by atoms with Crippen molar-refractivity contribution in [2.75, 3.05) is 10.6 Å². The highest BCUT2D eigenvalue weighted by atomic mass is 79.9. The van der Waals surface area contributed by atoms with Crippen molar-refractivity contribution >= 4 is 54.5 Å². The number of imidazole rings is 1. The molecular formula is C19H16Br2N6O. The number of pyridine rings is 2. The van der Waals surface area contributed by atoms with Gasteiger partial charge in [0.15, 0.2) is 0 Å². The number of hydrogen-bond acceptors (Lipinski definition) is 5. The zero-order valence-electron chi connectivity index (χ0n) is 14.6. The molecular weight excluding hydrogens is 488 g/mol. The van der Waals surface area contributed by atoms with E-state index in [1.54, 1.807) is 21.5 Å². The largest absolute Gasteiger partial charge is 0.352 e. The Morgan fingerprint density at radius 3 is 1.61 bits per heavy atom. The third kappa shape index (κ3) is 3.95. The number of rotatable bonds is 6. The minimum absolute atomic E-state index is 0.115. The number of fused-ring (bicyclic) bond motifs is 1. The Bertz CT molecular complexity index is 1060. The molecule has 28 heavy (non-hydrogen) atoms. The summed E-state index contributed by atoms with van der Waals surface area (Å²) in [4.78, 5) is 21.6. The first-order chi connectivity index (χ1) is 13.6. The van der Waals surface area contributed by atoms with Crippen LogP contribution >= 0.6 is 31.9 Å². The number of benzene rings is 1. The molecule has 0 amide bonds. The Labute approximate surface area is 177 Å². The van der Waals surface area contributed by atoms with E-state index < -0.39 is 0 Å². The molecule has 2 N–H and O–H groups in total. The maximum absolute atomic E-state index is 13.0. The third-order valence-electron chi connectivity index (χ3n) is 4.22. The average molecular weight is 504 g/mol. The summed E-state index contributed by atoms with van der Waals surface area (Å²) in [6.45, 7) is 0.634. The molecule has 0 saturated heterocycles. The van der Waals surface area contributed by atoms with E-state index in [1.807, 2.05) is 48.5 Å². The van der Waals surface area contributed by atoms with Crippen LogP contribution in [0, 0.1) is 0 Å². The van der Waals surface area contributed by atoms with Crippen molar-refractivity contribution in [2.24, 2.45) is 0 Å². The van der Waals surface area contributed by atoms with Gasteiger partial charge >= 0.3 is 5.69 Å². The van der Waals surface area contributed by atoms with Gasteiger partial charge in [0.2, 0.25) is 0 Å². The molecule has 0 aliphatic heterocycles. The minimum atomic E-state index is -0.115. The smallest absolute Gasteiger partial charge is 0.332 e. The van der Waals surface area contributed by atoms with Gasteiger partial charge in [0, 0.05) is 21.3 Å². The van der Waals surface area contributed by atoms with Gasteiger partial charge in [0.1, 0.15) is 11.6 Å². The average Bonchev–Trinajstić information content (AvgIpc) is 2.98. The molecule has 9 heteroatoms. The van der Waals surface area contributed by atoms with Gasteiger partial charge in [-0.2, -0.15) is 0 Å². The van der Waals surface area contributed by atoms with Gasteiger partial charge in [-0.15, -0.1) is 0 Å². The van der Waals surface area contributed by atoms with E-state index in [4.69, 9.17) is 0 Å². The van der Waals surface area contributed by atoms with Gasteiger partial charge in [-0.05, 0) is 68.3 Å². The Morgan fingerprint density at radius 2 is 1.21 bits per heavy atom. The van der Waals surface area contributed by atoms with Gasteiger partial charge in [0.25, 0.3) is 0 Å². The molecule has 142 valence electrons. The van der Waals surface area contributed by atoms with E-state index in [0.29, 0.717) is 25.0 Å². The number of anilines is 2. The number of aromatic nitrogens is 4. The molecule has 4 aromatic rings. The second-order valence-corrected chi connectivity index (χ2v) is 7.85. The second kappa shape index (κ2) is 8.15. The molecule has 0 radical (unpaired) electrons. The summed E-state index contributed by atoms with van der Waals surface area (Å²) < 4.78 is 5.18.